The number of para-hydroxylation sites is 1. The quantitative estimate of drug-likeness (QED) is 0.386. The number of carbonyl (C=O) groups excluding carboxylic acids is 2. The summed E-state index contributed by atoms with van der Waals surface area (Å²) in [4.78, 5) is 30.4. The van der Waals surface area contributed by atoms with Crippen molar-refractivity contribution >= 4 is 23.2 Å². The van der Waals surface area contributed by atoms with Crippen LogP contribution >= 0.6 is 0 Å². The van der Waals surface area contributed by atoms with E-state index in [9.17, 15) is 9.59 Å². The Labute approximate surface area is 191 Å². The molecule has 6 nitrogen and oxygen atoms in total. The number of hydrogen-bond acceptors (Lipinski definition) is 4. The lowest BCUT2D eigenvalue weighted by Gasteiger charge is -2.11. The van der Waals surface area contributed by atoms with Gasteiger partial charge in [-0.1, -0.05) is 42.5 Å². The highest BCUT2D eigenvalue weighted by atomic mass is 16.4. The van der Waals surface area contributed by atoms with Gasteiger partial charge < -0.3 is 15.1 Å². The molecule has 1 aliphatic rings. The second kappa shape index (κ2) is 8.74. The number of aryl methyl sites for hydroxylation is 1. The molecule has 1 fully saturated rings. The predicted octanol–water partition coefficient (Wildman–Crippen LogP) is 6.03. The van der Waals surface area contributed by atoms with Gasteiger partial charge in [0, 0.05) is 28.4 Å². The highest BCUT2D eigenvalue weighted by Gasteiger charge is 2.34. The molecule has 1 aromatic heterocycles. The molecule has 0 unspecified atom stereocenters. The monoisotopic (exact) mass is 437 g/mol. The Morgan fingerprint density at radius 2 is 1.58 bits per heavy atom. The van der Waals surface area contributed by atoms with E-state index in [4.69, 9.17) is 4.42 Å². The minimum Gasteiger partial charge on any atom is -0.440 e. The van der Waals surface area contributed by atoms with Gasteiger partial charge in [-0.15, -0.1) is 0 Å². The summed E-state index contributed by atoms with van der Waals surface area (Å²) in [5, 5.41) is 5.80. The Kier molecular flexibility index (Phi) is 5.48. The van der Waals surface area contributed by atoms with E-state index >= 15 is 0 Å². The number of hydrogen-bond donors (Lipinski definition) is 2. The van der Waals surface area contributed by atoms with Gasteiger partial charge in [-0.25, -0.2) is 4.98 Å². The van der Waals surface area contributed by atoms with E-state index in [0.717, 1.165) is 24.0 Å². The fourth-order valence-corrected chi connectivity index (χ4v) is 3.63. The molecule has 2 N–H and O–H groups in total. The van der Waals surface area contributed by atoms with E-state index in [0.29, 0.717) is 34.3 Å². The number of benzene rings is 3. The second-order valence-electron chi connectivity index (χ2n) is 8.18. The third-order valence-corrected chi connectivity index (χ3v) is 5.62. The molecule has 33 heavy (non-hydrogen) atoms. The molecule has 1 heterocycles. The number of amides is 2. The molecule has 1 saturated carbocycles. The predicted molar refractivity (Wildman–Crippen MR) is 127 cm³/mol. The average molecular weight is 437 g/mol. The van der Waals surface area contributed by atoms with Crippen molar-refractivity contribution in [3.8, 4) is 11.5 Å². The Balaban J connectivity index is 1.39. The lowest BCUT2D eigenvalue weighted by atomic mass is 10.1. The smallest absolute Gasteiger partial charge is 0.277 e. The average Bonchev–Trinajstić information content (AvgIpc) is 3.59. The highest BCUT2D eigenvalue weighted by molar-refractivity contribution is 6.07. The lowest BCUT2D eigenvalue weighted by Crippen LogP contribution is -2.17. The van der Waals surface area contributed by atoms with Crippen LogP contribution in [0.15, 0.2) is 83.3 Å². The summed E-state index contributed by atoms with van der Waals surface area (Å²) >= 11 is 0. The first kappa shape index (κ1) is 20.7. The molecule has 5 rings (SSSR count). The highest BCUT2D eigenvalue weighted by Crippen LogP contribution is 2.43. The van der Waals surface area contributed by atoms with E-state index in [1.165, 1.54) is 0 Å². The van der Waals surface area contributed by atoms with Crippen molar-refractivity contribution in [2.45, 2.75) is 25.7 Å². The number of nitrogens with one attached hydrogen (secondary N) is 2. The lowest BCUT2D eigenvalue weighted by molar-refractivity contribution is 0.101. The molecule has 4 aromatic rings. The van der Waals surface area contributed by atoms with Crippen LogP contribution in [0.4, 0.5) is 11.4 Å². The summed E-state index contributed by atoms with van der Waals surface area (Å²) in [7, 11) is 0. The van der Waals surface area contributed by atoms with Crippen molar-refractivity contribution < 1.29 is 14.0 Å². The number of anilines is 2. The molecule has 0 bridgehead atoms. The SMILES string of the molecule is Cc1ccc(C(=O)Nc2ccccc2)cc1NC(=O)c1nc(-c2ccccc2)oc1C1CC1. The van der Waals surface area contributed by atoms with Crippen LogP contribution < -0.4 is 10.6 Å². The van der Waals surface area contributed by atoms with E-state index in [1.54, 1.807) is 12.1 Å². The van der Waals surface area contributed by atoms with Crippen molar-refractivity contribution in [1.29, 1.82) is 0 Å². The second-order valence-corrected chi connectivity index (χ2v) is 8.18. The molecule has 2 amide bonds. The summed E-state index contributed by atoms with van der Waals surface area (Å²) in [6, 6.07) is 24.0. The summed E-state index contributed by atoms with van der Waals surface area (Å²) in [5.74, 6) is 0.701. The third-order valence-electron chi connectivity index (χ3n) is 5.62. The summed E-state index contributed by atoms with van der Waals surface area (Å²) in [6.07, 6.45) is 1.97. The topological polar surface area (TPSA) is 84.2 Å². The number of aromatic nitrogens is 1. The molecule has 0 spiro atoms. The van der Waals surface area contributed by atoms with Crippen LogP contribution in [0.2, 0.25) is 0 Å². The van der Waals surface area contributed by atoms with Gasteiger partial charge in [0.2, 0.25) is 5.89 Å². The van der Waals surface area contributed by atoms with Crippen LogP contribution in [0.3, 0.4) is 0 Å². The molecule has 0 atom stereocenters. The number of oxazole rings is 1. The maximum atomic E-state index is 13.2. The molecule has 0 saturated heterocycles. The molecule has 6 heteroatoms. The molecule has 0 radical (unpaired) electrons. The van der Waals surface area contributed by atoms with E-state index in [2.05, 4.69) is 15.6 Å². The first-order valence-corrected chi connectivity index (χ1v) is 10.9. The van der Waals surface area contributed by atoms with E-state index in [-0.39, 0.29) is 17.7 Å². The summed E-state index contributed by atoms with van der Waals surface area (Å²) in [6.45, 7) is 1.88. The minimum atomic E-state index is -0.341. The van der Waals surface area contributed by atoms with Gasteiger partial charge in [0.05, 0.1) is 0 Å². The molecular weight excluding hydrogens is 414 g/mol. The Morgan fingerprint density at radius 3 is 2.27 bits per heavy atom. The molecule has 3 aromatic carbocycles. The Morgan fingerprint density at radius 1 is 0.879 bits per heavy atom. The van der Waals surface area contributed by atoms with Crippen LogP contribution in [0, 0.1) is 6.92 Å². The number of rotatable bonds is 6. The minimum absolute atomic E-state index is 0.222. The van der Waals surface area contributed by atoms with Crippen molar-refractivity contribution in [3.05, 3.63) is 101 Å². The van der Waals surface area contributed by atoms with Gasteiger partial charge >= 0.3 is 0 Å². The van der Waals surface area contributed by atoms with Gasteiger partial charge in [-0.3, -0.25) is 9.59 Å². The molecule has 0 aliphatic heterocycles. The van der Waals surface area contributed by atoms with Crippen molar-refractivity contribution in [1.82, 2.24) is 4.98 Å². The fraction of sp³-hybridized carbons (Fsp3) is 0.148. The Hall–Kier alpha value is -4.19. The van der Waals surface area contributed by atoms with Crippen molar-refractivity contribution in [2.75, 3.05) is 10.6 Å². The van der Waals surface area contributed by atoms with Crippen LogP contribution in [-0.4, -0.2) is 16.8 Å². The van der Waals surface area contributed by atoms with Crippen LogP contribution in [-0.2, 0) is 0 Å². The normalized spacial score (nSPS) is 12.9. The van der Waals surface area contributed by atoms with Gasteiger partial charge in [0.15, 0.2) is 5.69 Å². The van der Waals surface area contributed by atoms with Crippen molar-refractivity contribution in [3.63, 3.8) is 0 Å². The first-order valence-electron chi connectivity index (χ1n) is 10.9. The number of nitrogens with zero attached hydrogens (tertiary/aromatic N) is 1. The van der Waals surface area contributed by atoms with E-state index in [1.807, 2.05) is 73.7 Å². The summed E-state index contributed by atoms with van der Waals surface area (Å²) < 4.78 is 6.01. The summed E-state index contributed by atoms with van der Waals surface area (Å²) in [5.41, 5.74) is 3.70. The van der Waals surface area contributed by atoms with Crippen LogP contribution in [0.1, 0.15) is 50.9 Å². The first-order chi connectivity index (χ1) is 16.1. The van der Waals surface area contributed by atoms with Gasteiger partial charge in [0.25, 0.3) is 11.8 Å². The molecular formula is C27H23N3O3. The Bertz CT molecular complexity index is 1310. The molecule has 164 valence electrons. The zero-order chi connectivity index (χ0) is 22.8. The maximum Gasteiger partial charge on any atom is 0.277 e. The largest absolute Gasteiger partial charge is 0.440 e. The van der Waals surface area contributed by atoms with Crippen LogP contribution in [0.25, 0.3) is 11.5 Å². The molecule has 1 aliphatic carbocycles. The van der Waals surface area contributed by atoms with Gasteiger partial charge in [0.1, 0.15) is 5.76 Å². The zero-order valence-electron chi connectivity index (χ0n) is 18.2. The zero-order valence-corrected chi connectivity index (χ0v) is 18.2. The third kappa shape index (κ3) is 4.55. The van der Waals surface area contributed by atoms with Gasteiger partial charge in [-0.05, 0) is 61.7 Å². The van der Waals surface area contributed by atoms with Crippen LogP contribution in [0.5, 0.6) is 0 Å². The fourth-order valence-electron chi connectivity index (χ4n) is 3.63. The number of carbonyl (C=O) groups is 2. The maximum absolute atomic E-state index is 13.2. The standard InChI is InChI=1S/C27H23N3O3/c1-17-12-13-20(25(31)28-21-10-6-3-7-11-21)16-22(17)29-26(32)23-24(18-14-15-18)33-27(30-23)19-8-4-2-5-9-19/h2-13,16,18H,14-15H2,1H3,(H,28,31)(H,29,32). The van der Waals surface area contributed by atoms with Gasteiger partial charge in [-0.2, -0.15) is 0 Å². The van der Waals surface area contributed by atoms with Crippen molar-refractivity contribution in [2.24, 2.45) is 0 Å². The van der Waals surface area contributed by atoms with E-state index < -0.39 is 0 Å².